The van der Waals surface area contributed by atoms with Gasteiger partial charge in [-0.1, -0.05) is 31.4 Å². The number of alkyl halides is 3. The largest absolute Gasteiger partial charge is 0.416 e. The van der Waals surface area contributed by atoms with E-state index < -0.39 is 11.7 Å². The first-order valence-electron chi connectivity index (χ1n) is 10.9. The third kappa shape index (κ3) is 4.71. The smallest absolute Gasteiger partial charge is 0.381 e. The van der Waals surface area contributed by atoms with Gasteiger partial charge in [0.25, 0.3) is 5.91 Å². The van der Waals surface area contributed by atoms with Gasteiger partial charge in [0, 0.05) is 25.3 Å². The van der Waals surface area contributed by atoms with Crippen LogP contribution in [0.5, 0.6) is 0 Å². The Morgan fingerprint density at radius 2 is 1.97 bits per heavy atom. The third-order valence-corrected chi connectivity index (χ3v) is 5.87. The van der Waals surface area contributed by atoms with Gasteiger partial charge in [0.15, 0.2) is 5.65 Å². The Bertz CT molecular complexity index is 1100. The van der Waals surface area contributed by atoms with Crippen LogP contribution in [-0.4, -0.2) is 26.7 Å². The van der Waals surface area contributed by atoms with Crippen molar-refractivity contribution in [3.05, 3.63) is 53.3 Å². The average molecular weight is 445 g/mol. The second kappa shape index (κ2) is 9.18. The van der Waals surface area contributed by atoms with E-state index in [1.54, 1.807) is 16.9 Å². The van der Waals surface area contributed by atoms with Crippen LogP contribution in [-0.2, 0) is 19.3 Å². The van der Waals surface area contributed by atoms with Gasteiger partial charge >= 0.3 is 6.18 Å². The number of carbonyl (C=O) groups is 1. The van der Waals surface area contributed by atoms with Crippen molar-refractivity contribution in [3.8, 4) is 0 Å². The maximum absolute atomic E-state index is 13.0. The quantitative estimate of drug-likeness (QED) is 0.551. The summed E-state index contributed by atoms with van der Waals surface area (Å²) in [4.78, 5) is 17.5. The van der Waals surface area contributed by atoms with E-state index in [9.17, 15) is 18.0 Å². The molecule has 9 heteroatoms. The van der Waals surface area contributed by atoms with Gasteiger partial charge in [-0.2, -0.15) is 18.3 Å². The number of anilines is 1. The molecule has 1 aromatic carbocycles. The summed E-state index contributed by atoms with van der Waals surface area (Å²) in [7, 11) is 0. The highest BCUT2D eigenvalue weighted by atomic mass is 19.4. The van der Waals surface area contributed by atoms with Gasteiger partial charge in [-0.05, 0) is 37.5 Å². The number of amides is 1. The summed E-state index contributed by atoms with van der Waals surface area (Å²) in [5.41, 5.74) is 1.39. The number of rotatable bonds is 6. The van der Waals surface area contributed by atoms with E-state index in [4.69, 9.17) is 0 Å². The second-order valence-corrected chi connectivity index (χ2v) is 8.10. The van der Waals surface area contributed by atoms with Crippen LogP contribution < -0.4 is 10.6 Å². The molecule has 1 aliphatic carbocycles. The van der Waals surface area contributed by atoms with Crippen molar-refractivity contribution >= 4 is 22.6 Å². The van der Waals surface area contributed by atoms with Crippen molar-refractivity contribution in [1.29, 1.82) is 0 Å². The van der Waals surface area contributed by atoms with Gasteiger partial charge in [-0.15, -0.1) is 0 Å². The first-order chi connectivity index (χ1) is 15.4. The van der Waals surface area contributed by atoms with Gasteiger partial charge in [0.1, 0.15) is 0 Å². The van der Waals surface area contributed by atoms with Crippen LogP contribution >= 0.6 is 0 Å². The van der Waals surface area contributed by atoms with Crippen molar-refractivity contribution < 1.29 is 18.0 Å². The van der Waals surface area contributed by atoms with Crippen molar-refractivity contribution in [3.63, 3.8) is 0 Å². The SMILES string of the molecule is CCn1ncc2c(NC3CCCCC3)c(C(=O)NCc3cccc(C(F)(F)F)c3)cnc21. The lowest BCUT2D eigenvalue weighted by Crippen LogP contribution is -2.27. The number of aryl methyl sites for hydroxylation is 1. The van der Waals surface area contributed by atoms with Crippen molar-refractivity contribution in [2.45, 2.75) is 64.3 Å². The molecule has 0 spiro atoms. The summed E-state index contributed by atoms with van der Waals surface area (Å²) >= 11 is 0. The van der Waals surface area contributed by atoms with E-state index in [-0.39, 0.29) is 18.5 Å². The highest BCUT2D eigenvalue weighted by Gasteiger charge is 2.30. The summed E-state index contributed by atoms with van der Waals surface area (Å²) in [5.74, 6) is -0.389. The van der Waals surface area contributed by atoms with Crippen LogP contribution in [0.3, 0.4) is 0 Å². The lowest BCUT2D eigenvalue weighted by atomic mass is 9.95. The Hall–Kier alpha value is -3.10. The zero-order valence-corrected chi connectivity index (χ0v) is 17.9. The molecule has 1 saturated carbocycles. The molecular weight excluding hydrogens is 419 g/mol. The summed E-state index contributed by atoms with van der Waals surface area (Å²) < 4.78 is 40.7. The Morgan fingerprint density at radius 1 is 1.19 bits per heavy atom. The lowest BCUT2D eigenvalue weighted by Gasteiger charge is -2.25. The summed E-state index contributed by atoms with van der Waals surface area (Å²) in [6.07, 6.45) is 4.33. The van der Waals surface area contributed by atoms with Gasteiger partial charge in [0.05, 0.1) is 28.4 Å². The maximum Gasteiger partial charge on any atom is 0.416 e. The normalized spacial score (nSPS) is 15.1. The predicted molar refractivity (Wildman–Crippen MR) is 116 cm³/mol. The fraction of sp³-hybridized carbons (Fsp3) is 0.435. The monoisotopic (exact) mass is 445 g/mol. The fourth-order valence-corrected chi connectivity index (χ4v) is 4.17. The molecule has 2 aromatic heterocycles. The van der Waals surface area contributed by atoms with Crippen molar-refractivity contribution in [1.82, 2.24) is 20.1 Å². The number of fused-ring (bicyclic) bond motifs is 1. The molecule has 0 radical (unpaired) electrons. The number of nitrogens with one attached hydrogen (secondary N) is 2. The number of nitrogens with zero attached hydrogens (tertiary/aromatic N) is 3. The average Bonchev–Trinajstić information content (AvgIpc) is 3.22. The van der Waals surface area contributed by atoms with E-state index in [1.807, 2.05) is 6.92 Å². The zero-order valence-electron chi connectivity index (χ0n) is 17.9. The first-order valence-corrected chi connectivity index (χ1v) is 10.9. The molecule has 1 amide bonds. The maximum atomic E-state index is 13.0. The molecule has 4 rings (SSSR count). The highest BCUT2D eigenvalue weighted by Crippen LogP contribution is 2.31. The molecule has 0 unspecified atom stereocenters. The molecule has 2 N–H and O–H groups in total. The van der Waals surface area contributed by atoms with Gasteiger partial charge < -0.3 is 10.6 Å². The van der Waals surface area contributed by atoms with Crippen LogP contribution in [0.2, 0.25) is 0 Å². The second-order valence-electron chi connectivity index (χ2n) is 8.10. The van der Waals surface area contributed by atoms with E-state index in [0.717, 1.165) is 43.2 Å². The Kier molecular flexibility index (Phi) is 6.34. The Labute approximate surface area is 184 Å². The molecule has 1 aliphatic rings. The van der Waals surface area contributed by atoms with Crippen LogP contribution in [0.4, 0.5) is 18.9 Å². The number of hydrogen-bond acceptors (Lipinski definition) is 4. The standard InChI is InChI=1S/C23H26F3N5O/c1-2-31-21-18(14-29-31)20(30-17-9-4-3-5-10-17)19(13-27-21)22(32)28-12-15-7-6-8-16(11-15)23(24,25)26/h6-8,11,13-14,17H,2-5,9-10,12H2,1H3,(H,27,30)(H,28,32). The minimum Gasteiger partial charge on any atom is -0.381 e. The minimum atomic E-state index is -4.43. The van der Waals surface area contributed by atoms with Gasteiger partial charge in [-0.3, -0.25) is 4.79 Å². The number of benzene rings is 1. The molecule has 170 valence electrons. The highest BCUT2D eigenvalue weighted by molar-refractivity contribution is 6.06. The van der Waals surface area contributed by atoms with Crippen LogP contribution in [0.25, 0.3) is 11.0 Å². The van der Waals surface area contributed by atoms with Gasteiger partial charge in [-0.25, -0.2) is 9.67 Å². The Morgan fingerprint density at radius 3 is 2.69 bits per heavy atom. The predicted octanol–water partition coefficient (Wildman–Crippen LogP) is 5.14. The first kappa shape index (κ1) is 22.1. The molecule has 32 heavy (non-hydrogen) atoms. The topological polar surface area (TPSA) is 71.8 Å². The Balaban J connectivity index is 1.59. The van der Waals surface area contributed by atoms with E-state index >= 15 is 0 Å². The molecular formula is C23H26F3N5O. The number of halogens is 3. The number of hydrogen-bond donors (Lipinski definition) is 2. The molecule has 0 bridgehead atoms. The van der Waals surface area contributed by atoms with Crippen LogP contribution in [0.1, 0.15) is 60.5 Å². The van der Waals surface area contributed by atoms with E-state index in [2.05, 4.69) is 20.7 Å². The minimum absolute atomic E-state index is 0.0160. The zero-order chi connectivity index (χ0) is 22.7. The molecule has 3 aromatic rings. The van der Waals surface area contributed by atoms with E-state index in [1.165, 1.54) is 18.7 Å². The lowest BCUT2D eigenvalue weighted by molar-refractivity contribution is -0.137. The number of pyridine rings is 1. The summed E-state index contributed by atoms with van der Waals surface area (Å²) in [5, 5.41) is 11.4. The van der Waals surface area contributed by atoms with E-state index in [0.29, 0.717) is 29.0 Å². The molecule has 0 atom stereocenters. The third-order valence-electron chi connectivity index (χ3n) is 5.87. The summed E-state index contributed by atoms with van der Waals surface area (Å²) in [6, 6.07) is 5.22. The molecule has 6 nitrogen and oxygen atoms in total. The van der Waals surface area contributed by atoms with Crippen LogP contribution in [0, 0.1) is 0 Å². The molecule has 2 heterocycles. The van der Waals surface area contributed by atoms with Crippen LogP contribution in [0.15, 0.2) is 36.7 Å². The molecule has 0 aliphatic heterocycles. The summed E-state index contributed by atoms with van der Waals surface area (Å²) in [6.45, 7) is 2.61. The number of aromatic nitrogens is 3. The molecule has 1 fully saturated rings. The molecule has 0 saturated heterocycles. The van der Waals surface area contributed by atoms with Gasteiger partial charge in [0.2, 0.25) is 0 Å². The van der Waals surface area contributed by atoms with Crippen molar-refractivity contribution in [2.75, 3.05) is 5.32 Å². The number of carbonyl (C=O) groups excluding carboxylic acids is 1. The fourth-order valence-electron chi connectivity index (χ4n) is 4.17. The van der Waals surface area contributed by atoms with Crippen molar-refractivity contribution in [2.24, 2.45) is 0 Å².